The summed E-state index contributed by atoms with van der Waals surface area (Å²) in [7, 11) is -4.04. The number of amides is 1. The predicted molar refractivity (Wildman–Crippen MR) is 132 cm³/mol. The number of hydrogen-bond donors (Lipinski definition) is 2. The number of nitrogens with zero attached hydrogens (tertiary/aromatic N) is 1. The third-order valence-electron chi connectivity index (χ3n) is 6.73. The molecule has 2 fully saturated rings. The van der Waals surface area contributed by atoms with E-state index >= 15 is 0 Å². The molecule has 2 saturated carbocycles. The van der Waals surface area contributed by atoms with Gasteiger partial charge in [-0.15, -0.1) is 0 Å². The minimum Gasteiger partial charge on any atom is -0.392 e. The number of hydrogen-bond acceptors (Lipinski definition) is 6. The third-order valence-corrected chi connectivity index (χ3v) is 9.61. The first kappa shape index (κ1) is 27.2. The van der Waals surface area contributed by atoms with Crippen LogP contribution >= 0.6 is 11.6 Å². The van der Waals surface area contributed by atoms with Crippen LogP contribution in [-0.4, -0.2) is 43.1 Å². The maximum atomic E-state index is 13.7. The molecule has 2 bridgehead atoms. The Morgan fingerprint density at radius 3 is 2.41 bits per heavy atom. The van der Waals surface area contributed by atoms with Gasteiger partial charge in [0.1, 0.15) is 12.2 Å². The molecule has 2 aliphatic rings. The maximum absolute atomic E-state index is 13.7. The normalized spacial score (nSPS) is 25.3. The highest BCUT2D eigenvalue weighted by Crippen LogP contribution is 2.51. The molecule has 4 atom stereocenters. The minimum atomic E-state index is -4.04. The van der Waals surface area contributed by atoms with Gasteiger partial charge < -0.3 is 15.3 Å². The van der Waals surface area contributed by atoms with Gasteiger partial charge in [0.15, 0.2) is 27.3 Å². The number of halogens is 4. The second kappa shape index (κ2) is 10.5. The van der Waals surface area contributed by atoms with Gasteiger partial charge in [0.05, 0.1) is 21.4 Å². The molecule has 2 aromatic rings. The van der Waals surface area contributed by atoms with Crippen molar-refractivity contribution >= 4 is 39.2 Å². The van der Waals surface area contributed by atoms with Gasteiger partial charge in [-0.2, -0.15) is 0 Å². The van der Waals surface area contributed by atoms with Crippen molar-refractivity contribution in [3.63, 3.8) is 0 Å². The molecule has 0 heterocycles. The van der Waals surface area contributed by atoms with Gasteiger partial charge in [0, 0.05) is 23.4 Å². The Balaban J connectivity index is 1.57. The van der Waals surface area contributed by atoms with E-state index in [2.05, 4.69) is 17.1 Å². The smallest absolute Gasteiger partial charge is 0.255 e. The summed E-state index contributed by atoms with van der Waals surface area (Å²) in [5.41, 5.74) is -1.78. The molecule has 1 amide bonds. The summed E-state index contributed by atoms with van der Waals surface area (Å²) in [6, 6.07) is 4.84. The number of rotatable bonds is 8. The average molecular weight is 557 g/mol. The highest BCUT2D eigenvalue weighted by Gasteiger charge is 2.54. The van der Waals surface area contributed by atoms with Gasteiger partial charge in [-0.3, -0.25) is 4.79 Å². The Bertz CT molecular complexity index is 1330. The number of carbonyl (C=O) groups excluding carboxylic acids is 1. The summed E-state index contributed by atoms with van der Waals surface area (Å²) < 4.78 is 67.7. The molecule has 4 rings (SSSR count). The SMILES string of the molecule is C=CCO/N=C/C1(O)CC2CC[C@@H](C1)C2S(=O)(=O)c1cc(C(=O)Nc2cc(F)c(F)c(F)c2)ccc1Cl. The van der Waals surface area contributed by atoms with E-state index in [4.69, 9.17) is 16.4 Å². The summed E-state index contributed by atoms with van der Waals surface area (Å²) >= 11 is 6.25. The van der Waals surface area contributed by atoms with Crippen molar-refractivity contribution in [3.8, 4) is 0 Å². The Hall–Kier alpha value is -2.89. The first-order chi connectivity index (χ1) is 17.4. The van der Waals surface area contributed by atoms with E-state index in [9.17, 15) is 31.5 Å². The first-order valence-corrected chi connectivity index (χ1v) is 13.4. The number of oxime groups is 1. The predicted octanol–water partition coefficient (Wildman–Crippen LogP) is 4.89. The molecule has 37 heavy (non-hydrogen) atoms. The Kier molecular flexibility index (Phi) is 7.68. The van der Waals surface area contributed by atoms with Crippen LogP contribution in [0.4, 0.5) is 18.9 Å². The number of anilines is 1. The van der Waals surface area contributed by atoms with Crippen LogP contribution in [-0.2, 0) is 14.7 Å². The van der Waals surface area contributed by atoms with Crippen LogP contribution in [0.15, 0.2) is 53.0 Å². The summed E-state index contributed by atoms with van der Waals surface area (Å²) in [4.78, 5) is 17.4. The Morgan fingerprint density at radius 2 is 1.81 bits per heavy atom. The minimum absolute atomic E-state index is 0.0879. The van der Waals surface area contributed by atoms with Crippen LogP contribution < -0.4 is 5.32 Å². The molecule has 2 aromatic carbocycles. The highest BCUT2D eigenvalue weighted by atomic mass is 35.5. The van der Waals surface area contributed by atoms with Crippen LogP contribution in [0.3, 0.4) is 0 Å². The monoisotopic (exact) mass is 556 g/mol. The van der Waals surface area contributed by atoms with Crippen LogP contribution in [0.25, 0.3) is 0 Å². The lowest BCUT2D eigenvalue weighted by Crippen LogP contribution is -2.47. The van der Waals surface area contributed by atoms with Crippen molar-refractivity contribution in [1.29, 1.82) is 0 Å². The largest absolute Gasteiger partial charge is 0.392 e. The van der Waals surface area contributed by atoms with E-state index in [0.717, 1.165) is 6.07 Å². The lowest BCUT2D eigenvalue weighted by atomic mass is 9.78. The number of benzene rings is 2. The molecule has 0 radical (unpaired) electrons. The molecule has 0 spiro atoms. The molecule has 12 heteroatoms. The standard InChI is InChI=1S/C25H24ClF3N2O5S/c1-2-7-36-30-13-25(33)11-15-3-4-16(12-25)23(15)37(34,35)21-8-14(5-6-18(21)26)24(32)31-17-9-19(27)22(29)20(28)10-17/h2,5-6,8-10,13,15-16,23,33H,1,3-4,7,11-12H2,(H,31,32)/b30-13+/t15-,16?,23?,25?/m0/s1. The molecule has 0 aliphatic heterocycles. The second-order valence-corrected chi connectivity index (χ2v) is 11.8. The quantitative estimate of drug-likeness (QED) is 0.158. The van der Waals surface area contributed by atoms with Crippen molar-refractivity contribution in [2.75, 3.05) is 11.9 Å². The molecule has 0 aromatic heterocycles. The summed E-state index contributed by atoms with van der Waals surface area (Å²) in [6.07, 6.45) is 4.28. The van der Waals surface area contributed by atoms with Crippen LogP contribution in [0.2, 0.25) is 5.02 Å². The molecule has 2 aliphatic carbocycles. The summed E-state index contributed by atoms with van der Waals surface area (Å²) in [5, 5.41) is 16.0. The van der Waals surface area contributed by atoms with E-state index in [0.29, 0.717) is 25.0 Å². The highest BCUT2D eigenvalue weighted by molar-refractivity contribution is 7.92. The number of carbonyl (C=O) groups is 1. The molecule has 0 saturated heterocycles. The van der Waals surface area contributed by atoms with Crippen molar-refractivity contribution in [2.45, 2.75) is 41.4 Å². The summed E-state index contributed by atoms with van der Waals surface area (Å²) in [6.45, 7) is 3.68. The van der Waals surface area contributed by atoms with E-state index in [1.54, 1.807) is 0 Å². The van der Waals surface area contributed by atoms with Crippen molar-refractivity contribution < 1.29 is 36.3 Å². The van der Waals surface area contributed by atoms with Gasteiger partial charge in [-0.25, -0.2) is 21.6 Å². The molecular formula is C25H24ClF3N2O5S. The van der Waals surface area contributed by atoms with Gasteiger partial charge in [-0.05, 0) is 55.7 Å². The number of aliphatic hydroxyl groups is 1. The van der Waals surface area contributed by atoms with E-state index in [1.165, 1.54) is 24.4 Å². The Morgan fingerprint density at radius 1 is 1.19 bits per heavy atom. The van der Waals surface area contributed by atoms with Gasteiger partial charge >= 0.3 is 0 Å². The molecule has 3 unspecified atom stereocenters. The zero-order valence-corrected chi connectivity index (χ0v) is 21.0. The third kappa shape index (κ3) is 5.53. The summed E-state index contributed by atoms with van der Waals surface area (Å²) in [5.74, 6) is -6.27. The fraction of sp³-hybridized carbons (Fsp3) is 0.360. The van der Waals surface area contributed by atoms with Gasteiger partial charge in [-0.1, -0.05) is 29.4 Å². The molecular weight excluding hydrogens is 533 g/mol. The second-order valence-electron chi connectivity index (χ2n) is 9.29. The zero-order chi connectivity index (χ0) is 27.0. The van der Waals surface area contributed by atoms with Crippen LogP contribution in [0.1, 0.15) is 36.0 Å². The van der Waals surface area contributed by atoms with E-state index in [-0.39, 0.29) is 52.5 Å². The molecule has 198 valence electrons. The number of sulfone groups is 1. The first-order valence-electron chi connectivity index (χ1n) is 11.4. The van der Waals surface area contributed by atoms with Crippen LogP contribution in [0.5, 0.6) is 0 Å². The van der Waals surface area contributed by atoms with Gasteiger partial charge in [0.2, 0.25) is 0 Å². The van der Waals surface area contributed by atoms with Gasteiger partial charge in [0.25, 0.3) is 5.91 Å². The molecule has 7 nitrogen and oxygen atoms in total. The number of fused-ring (bicyclic) bond motifs is 2. The van der Waals surface area contributed by atoms with Crippen molar-refractivity contribution in [2.24, 2.45) is 17.0 Å². The van der Waals surface area contributed by atoms with E-state index in [1.807, 2.05) is 0 Å². The fourth-order valence-corrected chi connectivity index (χ4v) is 8.10. The van der Waals surface area contributed by atoms with Crippen LogP contribution in [0, 0.1) is 29.3 Å². The van der Waals surface area contributed by atoms with Crippen molar-refractivity contribution in [3.05, 3.63) is 71.0 Å². The van der Waals surface area contributed by atoms with E-state index < -0.39 is 44.0 Å². The Labute approximate surface area is 216 Å². The lowest BCUT2D eigenvalue weighted by Gasteiger charge is -2.38. The number of nitrogens with one attached hydrogen (secondary N) is 1. The van der Waals surface area contributed by atoms with Crippen molar-refractivity contribution in [1.82, 2.24) is 0 Å². The maximum Gasteiger partial charge on any atom is 0.255 e. The fourth-order valence-electron chi connectivity index (χ4n) is 5.25. The zero-order valence-electron chi connectivity index (χ0n) is 19.5. The average Bonchev–Trinajstić information content (AvgIpc) is 3.13. The molecule has 2 N–H and O–H groups in total. The lowest BCUT2D eigenvalue weighted by molar-refractivity contribution is 0.0431. The topological polar surface area (TPSA) is 105 Å².